The monoisotopic (exact) mass is 387 g/mol. The number of nitrogens with one attached hydrogen (secondary N) is 1. The number of anilines is 1. The van der Waals surface area contributed by atoms with Crippen molar-refractivity contribution in [2.75, 3.05) is 18.0 Å². The summed E-state index contributed by atoms with van der Waals surface area (Å²) >= 11 is 0. The molecule has 6 nitrogen and oxygen atoms in total. The second kappa shape index (κ2) is 8.14. The van der Waals surface area contributed by atoms with E-state index in [-0.39, 0.29) is 36.3 Å². The zero-order valence-corrected chi connectivity index (χ0v) is 16.7. The fourth-order valence-electron chi connectivity index (χ4n) is 3.55. The van der Waals surface area contributed by atoms with Crippen LogP contribution in [0.25, 0.3) is 0 Å². The van der Waals surface area contributed by atoms with Crippen molar-refractivity contribution in [2.45, 2.75) is 39.5 Å². The maximum Gasteiger partial charge on any atom is 0.268 e. The van der Waals surface area contributed by atoms with Gasteiger partial charge in [-0.1, -0.05) is 6.07 Å². The third-order valence-corrected chi connectivity index (χ3v) is 4.87. The van der Waals surface area contributed by atoms with Crippen molar-refractivity contribution >= 4 is 17.4 Å². The molecule has 3 rings (SSSR count). The highest BCUT2D eigenvalue weighted by Crippen LogP contribution is 2.24. The summed E-state index contributed by atoms with van der Waals surface area (Å²) < 4.78 is 22.0. The summed E-state index contributed by atoms with van der Waals surface area (Å²) in [4.78, 5) is 25.8. The summed E-state index contributed by atoms with van der Waals surface area (Å²) in [5.41, 5.74) is 2.09. The van der Waals surface area contributed by atoms with Gasteiger partial charge in [0.25, 0.3) is 5.91 Å². The van der Waals surface area contributed by atoms with Crippen molar-refractivity contribution in [1.82, 2.24) is 9.88 Å². The number of aromatic nitrogens is 1. The van der Waals surface area contributed by atoms with Crippen LogP contribution in [0.3, 0.4) is 0 Å². The Labute approximate surface area is 164 Å². The van der Waals surface area contributed by atoms with Crippen LogP contribution in [-0.2, 0) is 18.3 Å². The van der Waals surface area contributed by atoms with Crippen LogP contribution < -0.4 is 10.2 Å². The Morgan fingerprint density at radius 1 is 1.21 bits per heavy atom. The number of nitrogens with zero attached hydrogens (tertiary/aromatic N) is 2. The van der Waals surface area contributed by atoms with E-state index in [1.54, 1.807) is 29.9 Å². The van der Waals surface area contributed by atoms with Gasteiger partial charge < -0.3 is 19.5 Å². The van der Waals surface area contributed by atoms with Crippen molar-refractivity contribution < 1.29 is 18.7 Å². The number of morpholine rings is 1. The molecule has 1 amide bonds. The molecule has 0 aliphatic carbocycles. The van der Waals surface area contributed by atoms with Gasteiger partial charge in [0, 0.05) is 38.4 Å². The lowest BCUT2D eigenvalue weighted by Crippen LogP contribution is -2.45. The smallest absolute Gasteiger partial charge is 0.268 e. The van der Waals surface area contributed by atoms with Crippen molar-refractivity contribution in [3.05, 3.63) is 53.1 Å². The SMILES string of the molecule is CC(=O)c1cc(C(=O)NCc2ccc(N3CC(C)OC(C)C3)c(F)c2)n(C)c1. The number of hydrogen-bond donors (Lipinski definition) is 1. The van der Waals surface area contributed by atoms with Gasteiger partial charge in [0.1, 0.15) is 11.5 Å². The quantitative estimate of drug-likeness (QED) is 0.802. The van der Waals surface area contributed by atoms with E-state index in [1.165, 1.54) is 13.0 Å². The van der Waals surface area contributed by atoms with Gasteiger partial charge in [-0.3, -0.25) is 9.59 Å². The highest BCUT2D eigenvalue weighted by molar-refractivity contribution is 5.99. The molecule has 2 atom stereocenters. The molecule has 1 aromatic heterocycles. The minimum absolute atomic E-state index is 0.0484. The van der Waals surface area contributed by atoms with Gasteiger partial charge in [-0.2, -0.15) is 0 Å². The van der Waals surface area contributed by atoms with Crippen LogP contribution >= 0.6 is 0 Å². The van der Waals surface area contributed by atoms with E-state index >= 15 is 0 Å². The number of Topliss-reactive ketones (excluding diaryl/α,β-unsaturated/α-hetero) is 1. The summed E-state index contributed by atoms with van der Waals surface area (Å²) in [7, 11) is 1.71. The van der Waals surface area contributed by atoms with Crippen molar-refractivity contribution in [3.8, 4) is 0 Å². The average molecular weight is 387 g/mol. The van der Waals surface area contributed by atoms with E-state index in [9.17, 15) is 14.0 Å². The number of benzene rings is 1. The molecule has 0 bridgehead atoms. The molecule has 0 radical (unpaired) electrons. The molecular formula is C21H26FN3O3. The first-order valence-electron chi connectivity index (χ1n) is 9.39. The lowest BCUT2D eigenvalue weighted by Gasteiger charge is -2.37. The molecule has 1 aliphatic rings. The minimum atomic E-state index is -0.314. The topological polar surface area (TPSA) is 63.6 Å². The molecule has 7 heteroatoms. The number of rotatable bonds is 5. The largest absolute Gasteiger partial charge is 0.372 e. The van der Waals surface area contributed by atoms with E-state index in [0.29, 0.717) is 35.6 Å². The number of ketones is 1. The third-order valence-electron chi connectivity index (χ3n) is 4.87. The second-order valence-electron chi connectivity index (χ2n) is 7.41. The highest BCUT2D eigenvalue weighted by Gasteiger charge is 2.24. The van der Waals surface area contributed by atoms with Gasteiger partial charge in [0.15, 0.2) is 5.78 Å². The average Bonchev–Trinajstić information content (AvgIpc) is 3.01. The van der Waals surface area contributed by atoms with Gasteiger partial charge in [0.05, 0.1) is 17.9 Å². The van der Waals surface area contributed by atoms with Crippen LogP contribution in [0.4, 0.5) is 10.1 Å². The molecule has 2 aromatic rings. The minimum Gasteiger partial charge on any atom is -0.372 e. The molecule has 0 spiro atoms. The van der Waals surface area contributed by atoms with Crippen molar-refractivity contribution in [3.63, 3.8) is 0 Å². The molecule has 0 saturated carbocycles. The lowest BCUT2D eigenvalue weighted by atomic mass is 10.1. The van der Waals surface area contributed by atoms with Crippen LogP contribution in [0.5, 0.6) is 0 Å². The standard InChI is InChI=1S/C21H26FN3O3/c1-13-10-25(11-14(2)28-13)19-6-5-16(7-18(19)22)9-23-21(27)20-8-17(15(3)26)12-24(20)4/h5-8,12-14H,9-11H2,1-4H3,(H,23,27). The molecule has 28 heavy (non-hydrogen) atoms. The predicted octanol–water partition coefficient (Wildman–Crippen LogP) is 2.91. The molecule has 1 aromatic carbocycles. The van der Waals surface area contributed by atoms with Gasteiger partial charge in [0.2, 0.25) is 0 Å². The van der Waals surface area contributed by atoms with E-state index in [1.807, 2.05) is 24.8 Å². The first-order chi connectivity index (χ1) is 13.2. The molecule has 1 saturated heterocycles. The summed E-state index contributed by atoms with van der Waals surface area (Å²) in [6.07, 6.45) is 1.72. The fourth-order valence-corrected chi connectivity index (χ4v) is 3.55. The molecule has 150 valence electrons. The Morgan fingerprint density at radius 3 is 2.46 bits per heavy atom. The Bertz CT molecular complexity index is 883. The highest BCUT2D eigenvalue weighted by atomic mass is 19.1. The second-order valence-corrected chi connectivity index (χ2v) is 7.41. The number of ether oxygens (including phenoxy) is 1. The molecule has 1 fully saturated rings. The Balaban J connectivity index is 1.66. The third kappa shape index (κ3) is 4.42. The molecule has 2 unspecified atom stereocenters. The van der Waals surface area contributed by atoms with E-state index in [2.05, 4.69) is 5.32 Å². The number of carbonyl (C=O) groups excluding carboxylic acids is 2. The molecule has 1 N–H and O–H groups in total. The Kier molecular flexibility index (Phi) is 5.84. The normalized spacial score (nSPS) is 19.5. The molecule has 1 aliphatic heterocycles. The Hall–Kier alpha value is -2.67. The molecule has 2 heterocycles. The lowest BCUT2D eigenvalue weighted by molar-refractivity contribution is -0.00539. The van der Waals surface area contributed by atoms with Gasteiger partial charge in [-0.15, -0.1) is 0 Å². The van der Waals surface area contributed by atoms with Gasteiger partial charge in [-0.05, 0) is 44.5 Å². The maximum absolute atomic E-state index is 14.7. The number of halogens is 1. The van der Waals surface area contributed by atoms with E-state index in [4.69, 9.17) is 4.74 Å². The summed E-state index contributed by atoms with van der Waals surface area (Å²) in [6, 6.07) is 6.57. The zero-order chi connectivity index (χ0) is 20.4. The predicted molar refractivity (Wildman–Crippen MR) is 105 cm³/mol. The number of amides is 1. The van der Waals surface area contributed by atoms with Crippen LogP contribution in [0.1, 0.15) is 47.2 Å². The van der Waals surface area contributed by atoms with Crippen LogP contribution in [0.15, 0.2) is 30.5 Å². The first-order valence-corrected chi connectivity index (χ1v) is 9.39. The number of aryl methyl sites for hydroxylation is 1. The summed E-state index contributed by atoms with van der Waals surface area (Å²) in [5.74, 6) is -0.722. The first kappa shape index (κ1) is 20.1. The van der Waals surface area contributed by atoms with Gasteiger partial charge in [-0.25, -0.2) is 4.39 Å². The van der Waals surface area contributed by atoms with Crippen LogP contribution in [-0.4, -0.2) is 41.6 Å². The Morgan fingerprint density at radius 2 is 1.89 bits per heavy atom. The van der Waals surface area contributed by atoms with Crippen molar-refractivity contribution in [1.29, 1.82) is 0 Å². The van der Waals surface area contributed by atoms with Crippen LogP contribution in [0.2, 0.25) is 0 Å². The summed E-state index contributed by atoms with van der Waals surface area (Å²) in [5, 5.41) is 2.78. The van der Waals surface area contributed by atoms with E-state index in [0.717, 1.165) is 0 Å². The van der Waals surface area contributed by atoms with Crippen LogP contribution in [0, 0.1) is 5.82 Å². The summed E-state index contributed by atoms with van der Waals surface area (Å²) in [6.45, 7) is 6.90. The zero-order valence-electron chi connectivity index (χ0n) is 16.7. The van der Waals surface area contributed by atoms with E-state index < -0.39 is 0 Å². The van der Waals surface area contributed by atoms with Crippen molar-refractivity contribution in [2.24, 2.45) is 7.05 Å². The van der Waals surface area contributed by atoms with Gasteiger partial charge >= 0.3 is 0 Å². The number of hydrogen-bond acceptors (Lipinski definition) is 4. The maximum atomic E-state index is 14.7. The fraction of sp³-hybridized carbons (Fsp3) is 0.429. The molecular weight excluding hydrogens is 361 g/mol. The number of carbonyl (C=O) groups is 2.